The average Bonchev–Trinajstić information content (AvgIpc) is 2.92. The van der Waals surface area contributed by atoms with Crippen LogP contribution in [-0.2, 0) is 4.74 Å². The summed E-state index contributed by atoms with van der Waals surface area (Å²) in [5.74, 6) is 5.80. The standard InChI is InChI=1S/C10H16N6O3/c1-6(7-2-3-19-5-7)13-9-8(16(17)18)4-12-10(14-9)15-11/h4,6-7H,2-3,5,11H2,1H3,(H2,12,13,14,15). The van der Waals surface area contributed by atoms with E-state index in [-0.39, 0.29) is 23.5 Å². The van der Waals surface area contributed by atoms with Gasteiger partial charge in [0.25, 0.3) is 0 Å². The first-order valence-corrected chi connectivity index (χ1v) is 5.94. The Morgan fingerprint density at radius 3 is 3.05 bits per heavy atom. The number of hydrazine groups is 1. The monoisotopic (exact) mass is 268 g/mol. The highest BCUT2D eigenvalue weighted by atomic mass is 16.6. The molecule has 9 heteroatoms. The summed E-state index contributed by atoms with van der Waals surface area (Å²) in [4.78, 5) is 18.1. The smallest absolute Gasteiger partial charge is 0.329 e. The minimum absolute atomic E-state index is 0.0155. The molecule has 0 amide bonds. The first-order valence-electron chi connectivity index (χ1n) is 5.94. The summed E-state index contributed by atoms with van der Waals surface area (Å²) in [5.41, 5.74) is 2.09. The quantitative estimate of drug-likeness (QED) is 0.400. The van der Waals surface area contributed by atoms with E-state index in [0.717, 1.165) is 19.2 Å². The number of rotatable bonds is 5. The van der Waals surface area contributed by atoms with Crippen molar-refractivity contribution in [2.45, 2.75) is 19.4 Å². The van der Waals surface area contributed by atoms with Crippen LogP contribution >= 0.6 is 0 Å². The van der Waals surface area contributed by atoms with Crippen LogP contribution in [0, 0.1) is 16.0 Å². The van der Waals surface area contributed by atoms with Crippen LogP contribution in [0.5, 0.6) is 0 Å². The molecule has 1 aromatic rings. The van der Waals surface area contributed by atoms with Crippen LogP contribution in [0.3, 0.4) is 0 Å². The predicted molar refractivity (Wildman–Crippen MR) is 68.5 cm³/mol. The number of hydrogen-bond acceptors (Lipinski definition) is 8. The fraction of sp³-hybridized carbons (Fsp3) is 0.600. The second-order valence-corrected chi connectivity index (χ2v) is 4.39. The number of anilines is 2. The third kappa shape index (κ3) is 3.06. The fourth-order valence-electron chi connectivity index (χ4n) is 1.97. The Labute approximate surface area is 109 Å². The van der Waals surface area contributed by atoms with Crippen LogP contribution < -0.4 is 16.6 Å². The fourth-order valence-corrected chi connectivity index (χ4v) is 1.97. The van der Waals surface area contributed by atoms with Gasteiger partial charge in [0.15, 0.2) is 0 Å². The zero-order chi connectivity index (χ0) is 13.8. The van der Waals surface area contributed by atoms with Crippen molar-refractivity contribution < 1.29 is 9.66 Å². The Morgan fingerprint density at radius 1 is 1.68 bits per heavy atom. The van der Waals surface area contributed by atoms with Gasteiger partial charge in [0.1, 0.15) is 6.20 Å². The maximum Gasteiger partial charge on any atom is 0.329 e. The van der Waals surface area contributed by atoms with E-state index in [4.69, 9.17) is 10.6 Å². The third-order valence-corrected chi connectivity index (χ3v) is 3.13. The predicted octanol–water partition coefficient (Wildman–Crippen LogP) is 0.507. The van der Waals surface area contributed by atoms with Crippen molar-refractivity contribution in [1.29, 1.82) is 0 Å². The van der Waals surface area contributed by atoms with Gasteiger partial charge in [-0.1, -0.05) is 0 Å². The highest BCUT2D eigenvalue weighted by molar-refractivity contribution is 5.57. The van der Waals surface area contributed by atoms with Crippen molar-refractivity contribution >= 4 is 17.5 Å². The molecule has 1 fully saturated rings. The number of nitrogens with zero attached hydrogens (tertiary/aromatic N) is 3. The van der Waals surface area contributed by atoms with Gasteiger partial charge in [-0.05, 0) is 13.3 Å². The van der Waals surface area contributed by atoms with Crippen LogP contribution in [0.15, 0.2) is 6.20 Å². The molecule has 0 spiro atoms. The summed E-state index contributed by atoms with van der Waals surface area (Å²) < 4.78 is 5.30. The molecule has 0 radical (unpaired) electrons. The van der Waals surface area contributed by atoms with E-state index in [9.17, 15) is 10.1 Å². The van der Waals surface area contributed by atoms with Crippen molar-refractivity contribution in [1.82, 2.24) is 9.97 Å². The topological polar surface area (TPSA) is 128 Å². The van der Waals surface area contributed by atoms with Crippen molar-refractivity contribution in [3.8, 4) is 0 Å². The van der Waals surface area contributed by atoms with Gasteiger partial charge in [-0.3, -0.25) is 15.5 Å². The number of nitrogen functional groups attached to an aromatic ring is 1. The zero-order valence-electron chi connectivity index (χ0n) is 10.5. The molecule has 0 saturated carbocycles. The largest absolute Gasteiger partial charge is 0.381 e. The van der Waals surface area contributed by atoms with Gasteiger partial charge in [0, 0.05) is 18.6 Å². The molecule has 4 N–H and O–H groups in total. The third-order valence-electron chi connectivity index (χ3n) is 3.13. The van der Waals surface area contributed by atoms with Gasteiger partial charge < -0.3 is 10.1 Å². The highest BCUT2D eigenvalue weighted by Gasteiger charge is 2.25. The molecular formula is C10H16N6O3. The number of ether oxygens (including phenoxy) is 1. The minimum Gasteiger partial charge on any atom is -0.381 e. The molecule has 2 unspecified atom stereocenters. The molecule has 2 heterocycles. The summed E-state index contributed by atoms with van der Waals surface area (Å²) >= 11 is 0. The Balaban J connectivity index is 2.18. The van der Waals surface area contributed by atoms with E-state index in [2.05, 4.69) is 20.7 Å². The average molecular weight is 268 g/mol. The number of aromatic nitrogens is 2. The summed E-state index contributed by atoms with van der Waals surface area (Å²) in [6.07, 6.45) is 2.05. The van der Waals surface area contributed by atoms with Crippen molar-refractivity contribution in [3.05, 3.63) is 16.3 Å². The lowest BCUT2D eigenvalue weighted by Crippen LogP contribution is -2.27. The molecule has 1 aliphatic rings. The maximum absolute atomic E-state index is 10.9. The van der Waals surface area contributed by atoms with Crippen LogP contribution in [0.4, 0.5) is 17.5 Å². The summed E-state index contributed by atoms with van der Waals surface area (Å²) in [6.45, 7) is 3.31. The second-order valence-electron chi connectivity index (χ2n) is 4.39. The van der Waals surface area contributed by atoms with Gasteiger partial charge in [-0.25, -0.2) is 10.8 Å². The van der Waals surface area contributed by atoms with Crippen molar-refractivity contribution in [2.75, 3.05) is 24.0 Å². The van der Waals surface area contributed by atoms with Crippen LogP contribution in [0.1, 0.15) is 13.3 Å². The molecule has 1 aliphatic heterocycles. The number of nitrogens with two attached hydrogens (primary N) is 1. The summed E-state index contributed by atoms with van der Waals surface area (Å²) in [7, 11) is 0. The lowest BCUT2D eigenvalue weighted by Gasteiger charge is -2.19. The van der Waals surface area contributed by atoms with Crippen LogP contribution in [-0.4, -0.2) is 34.1 Å². The van der Waals surface area contributed by atoms with E-state index in [1.165, 1.54) is 0 Å². The van der Waals surface area contributed by atoms with Gasteiger partial charge in [0.05, 0.1) is 11.5 Å². The SMILES string of the molecule is CC(Nc1nc(NN)ncc1[N+](=O)[O-])C1CCOC1. The molecule has 1 saturated heterocycles. The Bertz CT molecular complexity index is 463. The molecule has 104 valence electrons. The van der Waals surface area contributed by atoms with Crippen molar-refractivity contribution in [2.24, 2.45) is 11.8 Å². The van der Waals surface area contributed by atoms with E-state index < -0.39 is 4.92 Å². The lowest BCUT2D eigenvalue weighted by atomic mass is 10.0. The Kier molecular flexibility index (Phi) is 4.07. The molecule has 1 aromatic heterocycles. The molecule has 2 atom stereocenters. The lowest BCUT2D eigenvalue weighted by molar-refractivity contribution is -0.384. The molecule has 9 nitrogen and oxygen atoms in total. The van der Waals surface area contributed by atoms with E-state index in [1.807, 2.05) is 6.92 Å². The normalized spacial score (nSPS) is 20.0. The highest BCUT2D eigenvalue weighted by Crippen LogP contribution is 2.25. The first kappa shape index (κ1) is 13.4. The zero-order valence-corrected chi connectivity index (χ0v) is 10.5. The molecule has 19 heavy (non-hydrogen) atoms. The summed E-state index contributed by atoms with van der Waals surface area (Å²) in [6, 6.07) is 0.0155. The van der Waals surface area contributed by atoms with Gasteiger partial charge in [-0.15, -0.1) is 0 Å². The molecule has 0 bridgehead atoms. The molecule has 0 aromatic carbocycles. The van der Waals surface area contributed by atoms with Crippen molar-refractivity contribution in [3.63, 3.8) is 0 Å². The number of nitro groups is 1. The second kappa shape index (κ2) is 5.76. The van der Waals surface area contributed by atoms with E-state index in [1.54, 1.807) is 0 Å². The van der Waals surface area contributed by atoms with Gasteiger partial charge in [0.2, 0.25) is 11.8 Å². The van der Waals surface area contributed by atoms with E-state index >= 15 is 0 Å². The summed E-state index contributed by atoms with van der Waals surface area (Å²) in [5, 5.41) is 14.0. The minimum atomic E-state index is -0.527. The van der Waals surface area contributed by atoms with Gasteiger partial charge in [-0.2, -0.15) is 4.98 Å². The van der Waals surface area contributed by atoms with Crippen LogP contribution in [0.2, 0.25) is 0 Å². The Morgan fingerprint density at radius 2 is 2.47 bits per heavy atom. The van der Waals surface area contributed by atoms with E-state index in [0.29, 0.717) is 12.5 Å². The molecule has 2 rings (SSSR count). The maximum atomic E-state index is 10.9. The van der Waals surface area contributed by atoms with Crippen LogP contribution in [0.25, 0.3) is 0 Å². The number of nitrogens with one attached hydrogen (secondary N) is 2. The Hall–Kier alpha value is -2.00. The molecule has 0 aliphatic carbocycles. The van der Waals surface area contributed by atoms with Gasteiger partial charge >= 0.3 is 5.69 Å². The first-order chi connectivity index (χ1) is 9.11. The molecular weight excluding hydrogens is 252 g/mol. The number of hydrogen-bond donors (Lipinski definition) is 3.